The van der Waals surface area contributed by atoms with E-state index in [9.17, 15) is 14.4 Å². The van der Waals surface area contributed by atoms with Gasteiger partial charge in [-0.1, -0.05) is 18.2 Å². The average molecular weight is 329 g/mol. The lowest BCUT2D eigenvalue weighted by atomic mass is 10.2. The number of rotatable bonds is 3. The average Bonchev–Trinajstić information content (AvgIpc) is 2.86. The third-order valence-electron chi connectivity index (χ3n) is 3.52. The minimum atomic E-state index is -0.579. The van der Waals surface area contributed by atoms with Crippen LogP contribution in [0.2, 0.25) is 0 Å². The number of aromatic amines is 1. The van der Waals surface area contributed by atoms with Crippen LogP contribution in [0.1, 0.15) is 10.4 Å². The van der Waals surface area contributed by atoms with Gasteiger partial charge in [0.2, 0.25) is 5.91 Å². The molecule has 23 heavy (non-hydrogen) atoms. The lowest BCUT2D eigenvalue weighted by Gasteiger charge is -2.09. The van der Waals surface area contributed by atoms with Crippen LogP contribution in [0.4, 0.5) is 5.69 Å². The number of H-pyrrole nitrogens is 1. The van der Waals surface area contributed by atoms with Crippen LogP contribution in [0.5, 0.6) is 0 Å². The molecule has 6 nitrogen and oxygen atoms in total. The highest BCUT2D eigenvalue weighted by atomic mass is 32.1. The van der Waals surface area contributed by atoms with E-state index in [0.29, 0.717) is 15.9 Å². The van der Waals surface area contributed by atoms with Gasteiger partial charge in [-0.15, -0.1) is 11.3 Å². The zero-order chi connectivity index (χ0) is 16.6. The molecule has 3 rings (SSSR count). The van der Waals surface area contributed by atoms with Gasteiger partial charge in [0.1, 0.15) is 11.4 Å². The molecular formula is C16H15N3O3S. The predicted octanol–water partition coefficient (Wildman–Crippen LogP) is 2.01. The van der Waals surface area contributed by atoms with Crippen LogP contribution >= 0.6 is 11.3 Å². The van der Waals surface area contributed by atoms with Crippen molar-refractivity contribution in [2.75, 3.05) is 5.32 Å². The number of hydrogen-bond donors (Lipinski definition) is 2. The number of aromatic nitrogens is 2. The molecule has 2 N–H and O–H groups in total. The summed E-state index contributed by atoms with van der Waals surface area (Å²) in [4.78, 5) is 40.7. The summed E-state index contributed by atoms with van der Waals surface area (Å²) in [7, 11) is 0. The Kier molecular flexibility index (Phi) is 3.87. The van der Waals surface area contributed by atoms with Gasteiger partial charge < -0.3 is 5.32 Å². The van der Waals surface area contributed by atoms with Gasteiger partial charge in [-0.2, -0.15) is 0 Å². The number of hydrogen-bond acceptors (Lipinski definition) is 4. The fraction of sp³-hybridized carbons (Fsp3) is 0.188. The van der Waals surface area contributed by atoms with Crippen molar-refractivity contribution < 1.29 is 4.79 Å². The summed E-state index contributed by atoms with van der Waals surface area (Å²) in [6.45, 7) is 3.40. The van der Waals surface area contributed by atoms with Crippen LogP contribution < -0.4 is 16.6 Å². The molecule has 0 fully saturated rings. The number of amides is 1. The number of thiophene rings is 1. The van der Waals surface area contributed by atoms with Crippen LogP contribution in [0, 0.1) is 13.8 Å². The fourth-order valence-electron chi connectivity index (χ4n) is 2.36. The Morgan fingerprint density at radius 1 is 1.26 bits per heavy atom. The summed E-state index contributed by atoms with van der Waals surface area (Å²) in [5.41, 5.74) is 0.540. The second-order valence-corrected chi connectivity index (χ2v) is 6.54. The smallest absolute Gasteiger partial charge is 0.324 e. The van der Waals surface area contributed by atoms with Crippen molar-refractivity contribution in [2.24, 2.45) is 0 Å². The van der Waals surface area contributed by atoms with Gasteiger partial charge in [-0.05, 0) is 31.5 Å². The maximum absolute atomic E-state index is 12.4. The molecule has 7 heteroatoms. The van der Waals surface area contributed by atoms with Gasteiger partial charge in [-0.3, -0.25) is 19.1 Å². The first-order valence-electron chi connectivity index (χ1n) is 7.04. The first-order valence-corrected chi connectivity index (χ1v) is 7.86. The Balaban J connectivity index is 1.92. The molecule has 0 aliphatic rings. The molecule has 1 aromatic carbocycles. The van der Waals surface area contributed by atoms with Gasteiger partial charge in [0.15, 0.2) is 0 Å². The molecule has 118 valence electrons. The maximum Gasteiger partial charge on any atom is 0.329 e. The normalized spacial score (nSPS) is 10.9. The molecule has 1 amide bonds. The molecule has 0 bridgehead atoms. The van der Waals surface area contributed by atoms with E-state index in [1.54, 1.807) is 12.1 Å². The van der Waals surface area contributed by atoms with Crippen molar-refractivity contribution in [3.05, 3.63) is 61.6 Å². The number of nitrogens with one attached hydrogen (secondary N) is 2. The third-order valence-corrected chi connectivity index (χ3v) is 4.48. The van der Waals surface area contributed by atoms with E-state index in [1.165, 1.54) is 11.3 Å². The molecule has 0 saturated heterocycles. The second kappa shape index (κ2) is 5.85. The zero-order valence-electron chi connectivity index (χ0n) is 12.7. The number of carbonyl (C=O) groups excluding carboxylic acids is 1. The summed E-state index contributed by atoms with van der Waals surface area (Å²) in [5, 5.41) is 3.14. The van der Waals surface area contributed by atoms with Crippen molar-refractivity contribution in [1.82, 2.24) is 9.55 Å². The van der Waals surface area contributed by atoms with Crippen molar-refractivity contribution >= 4 is 33.1 Å². The largest absolute Gasteiger partial charge is 0.329 e. The van der Waals surface area contributed by atoms with Gasteiger partial charge in [0.05, 0.1) is 5.39 Å². The Bertz CT molecular complexity index is 1010. The van der Waals surface area contributed by atoms with Crippen LogP contribution in [-0.4, -0.2) is 15.5 Å². The lowest BCUT2D eigenvalue weighted by Crippen LogP contribution is -2.38. The number of para-hydroxylation sites is 1. The molecule has 0 spiro atoms. The Morgan fingerprint density at radius 3 is 2.74 bits per heavy atom. The Hall–Kier alpha value is -2.67. The molecule has 0 saturated carbocycles. The molecule has 0 unspecified atom stereocenters. The molecule has 0 atom stereocenters. The van der Waals surface area contributed by atoms with E-state index in [2.05, 4.69) is 10.3 Å². The molecule has 0 aliphatic heterocycles. The lowest BCUT2D eigenvalue weighted by molar-refractivity contribution is -0.116. The van der Waals surface area contributed by atoms with Gasteiger partial charge >= 0.3 is 5.69 Å². The summed E-state index contributed by atoms with van der Waals surface area (Å²) < 4.78 is 0.919. The van der Waals surface area contributed by atoms with E-state index < -0.39 is 17.2 Å². The first kappa shape index (κ1) is 15.2. The SMILES string of the molecule is Cc1cc2c(=O)n(CC(=O)Nc3ccccc3C)c(=O)[nH]c2s1. The second-order valence-electron chi connectivity index (χ2n) is 5.28. The number of aryl methyl sites for hydroxylation is 2. The van der Waals surface area contributed by atoms with Crippen LogP contribution in [0.25, 0.3) is 10.2 Å². The van der Waals surface area contributed by atoms with E-state index in [-0.39, 0.29) is 6.54 Å². The number of benzene rings is 1. The van der Waals surface area contributed by atoms with Crippen molar-refractivity contribution in [3.8, 4) is 0 Å². The molecular weight excluding hydrogens is 314 g/mol. The number of carbonyl (C=O) groups is 1. The highest BCUT2D eigenvalue weighted by Crippen LogP contribution is 2.18. The van der Waals surface area contributed by atoms with Crippen LogP contribution in [0.15, 0.2) is 39.9 Å². The van der Waals surface area contributed by atoms with Crippen LogP contribution in [0.3, 0.4) is 0 Å². The van der Waals surface area contributed by atoms with E-state index in [4.69, 9.17) is 0 Å². The van der Waals surface area contributed by atoms with Crippen LogP contribution in [-0.2, 0) is 11.3 Å². The maximum atomic E-state index is 12.4. The number of fused-ring (bicyclic) bond motifs is 1. The monoisotopic (exact) mass is 329 g/mol. The predicted molar refractivity (Wildman–Crippen MR) is 91.3 cm³/mol. The van der Waals surface area contributed by atoms with Crippen molar-refractivity contribution in [1.29, 1.82) is 0 Å². The van der Waals surface area contributed by atoms with E-state index in [0.717, 1.165) is 15.0 Å². The third kappa shape index (κ3) is 2.95. The van der Waals surface area contributed by atoms with Crippen molar-refractivity contribution in [2.45, 2.75) is 20.4 Å². The highest BCUT2D eigenvalue weighted by Gasteiger charge is 2.13. The fourth-order valence-corrected chi connectivity index (χ4v) is 3.25. The van der Waals surface area contributed by atoms with E-state index in [1.807, 2.05) is 32.0 Å². The quantitative estimate of drug-likeness (QED) is 0.771. The minimum absolute atomic E-state index is 0.326. The minimum Gasteiger partial charge on any atom is -0.324 e. The number of nitrogens with zero attached hydrogens (tertiary/aromatic N) is 1. The zero-order valence-corrected chi connectivity index (χ0v) is 13.5. The van der Waals surface area contributed by atoms with Gasteiger partial charge in [0, 0.05) is 10.6 Å². The summed E-state index contributed by atoms with van der Waals surface area (Å²) in [6.07, 6.45) is 0. The standard InChI is InChI=1S/C16H15N3O3S/c1-9-5-3-4-6-12(9)17-13(20)8-19-15(21)11-7-10(2)23-14(11)18-16(19)22/h3-7H,8H2,1-2H3,(H,17,20)(H,18,22). The van der Waals surface area contributed by atoms with Gasteiger partial charge in [-0.25, -0.2) is 4.79 Å². The highest BCUT2D eigenvalue weighted by molar-refractivity contribution is 7.18. The summed E-state index contributed by atoms with van der Waals surface area (Å²) >= 11 is 1.34. The van der Waals surface area contributed by atoms with E-state index >= 15 is 0 Å². The first-order chi connectivity index (χ1) is 11.0. The molecule has 2 aromatic heterocycles. The molecule has 3 aromatic rings. The van der Waals surface area contributed by atoms with Gasteiger partial charge in [0.25, 0.3) is 5.56 Å². The Labute approximate surface area is 135 Å². The molecule has 0 radical (unpaired) electrons. The molecule has 2 heterocycles. The Morgan fingerprint density at radius 2 is 2.00 bits per heavy atom. The summed E-state index contributed by atoms with van der Waals surface area (Å²) in [5.74, 6) is -0.418. The molecule has 0 aliphatic carbocycles. The summed E-state index contributed by atoms with van der Waals surface area (Å²) in [6, 6.07) is 9.03. The number of anilines is 1. The van der Waals surface area contributed by atoms with Crippen molar-refractivity contribution in [3.63, 3.8) is 0 Å². The topological polar surface area (TPSA) is 84.0 Å².